The highest BCUT2D eigenvalue weighted by atomic mass is 19.1. The number of benzene rings is 1. The Morgan fingerprint density at radius 1 is 1.46 bits per heavy atom. The molecule has 0 spiro atoms. The monoisotopic (exact) mass is 178 g/mol. The Kier molecular flexibility index (Phi) is 2.32. The molecule has 1 aromatic carbocycles. The summed E-state index contributed by atoms with van der Waals surface area (Å²) in [7, 11) is 1.78. The maximum absolute atomic E-state index is 13.3. The lowest BCUT2D eigenvalue weighted by molar-refractivity contribution is 0.610. The Morgan fingerprint density at radius 3 is 2.85 bits per heavy atom. The van der Waals surface area contributed by atoms with Crippen LogP contribution in [0, 0.1) is 5.82 Å². The molecule has 2 rings (SSSR count). The number of halogens is 1. The summed E-state index contributed by atoms with van der Waals surface area (Å²) in [4.78, 5) is 0. The predicted molar refractivity (Wildman–Crippen MR) is 51.4 cm³/mol. The van der Waals surface area contributed by atoms with E-state index < -0.39 is 0 Å². The van der Waals surface area contributed by atoms with Crippen LogP contribution in [0.4, 0.5) is 4.39 Å². The summed E-state index contributed by atoms with van der Waals surface area (Å²) < 4.78 is 13.3. The third kappa shape index (κ3) is 1.89. The van der Waals surface area contributed by atoms with E-state index in [9.17, 15) is 4.39 Å². The van der Waals surface area contributed by atoms with Gasteiger partial charge in [0.15, 0.2) is 0 Å². The van der Waals surface area contributed by atoms with E-state index in [1.165, 1.54) is 0 Å². The zero-order valence-electron chi connectivity index (χ0n) is 7.76. The first-order valence-electron chi connectivity index (χ1n) is 4.65. The molecule has 0 aromatic heterocycles. The zero-order valence-corrected chi connectivity index (χ0v) is 7.76. The molecule has 0 bridgehead atoms. The molecule has 1 nitrogen and oxygen atoms in total. The van der Waals surface area contributed by atoms with Crippen molar-refractivity contribution in [3.8, 4) is 0 Å². The first-order valence-corrected chi connectivity index (χ1v) is 4.65. The molecule has 0 heterocycles. The maximum Gasteiger partial charge on any atom is 0.126 e. The third-order valence-corrected chi connectivity index (χ3v) is 2.42. The van der Waals surface area contributed by atoms with E-state index in [1.807, 2.05) is 12.1 Å². The smallest absolute Gasteiger partial charge is 0.126 e. The van der Waals surface area contributed by atoms with Crippen LogP contribution in [-0.4, -0.2) is 7.05 Å². The average Bonchev–Trinajstić information content (AvgIpc) is 2.92. The second-order valence-electron chi connectivity index (χ2n) is 3.60. The molecule has 70 valence electrons. The van der Waals surface area contributed by atoms with Gasteiger partial charge in [-0.3, -0.25) is 0 Å². The van der Waals surface area contributed by atoms with Crippen LogP contribution in [0.25, 0.3) is 5.32 Å². The van der Waals surface area contributed by atoms with E-state index in [0.29, 0.717) is 12.5 Å². The van der Waals surface area contributed by atoms with Crippen molar-refractivity contribution in [3.05, 3.63) is 40.5 Å². The van der Waals surface area contributed by atoms with Gasteiger partial charge in [-0.05, 0) is 30.4 Å². The molecule has 0 N–H and O–H groups in total. The van der Waals surface area contributed by atoms with Crippen LogP contribution in [0.5, 0.6) is 0 Å². The standard InChI is InChI=1S/C11H13FN/c1-13-7-8-2-5-11(12)10(6-8)9-3-4-9/h2,5-6,9H,3-4,7H2,1H3/q-1. The Balaban J connectivity index is 2.25. The lowest BCUT2D eigenvalue weighted by Gasteiger charge is -2.12. The van der Waals surface area contributed by atoms with Crippen molar-refractivity contribution in [2.45, 2.75) is 25.3 Å². The lowest BCUT2D eigenvalue weighted by atomic mass is 10.1. The zero-order chi connectivity index (χ0) is 9.26. The molecule has 0 unspecified atom stereocenters. The first kappa shape index (κ1) is 8.70. The summed E-state index contributed by atoms with van der Waals surface area (Å²) in [6.07, 6.45) is 2.29. The Hall–Kier alpha value is -0.890. The molecule has 0 atom stereocenters. The Labute approximate surface area is 78.0 Å². The molecular formula is C11H13FN-. The van der Waals surface area contributed by atoms with E-state index in [4.69, 9.17) is 0 Å². The van der Waals surface area contributed by atoms with Gasteiger partial charge in [-0.25, -0.2) is 4.39 Å². The average molecular weight is 178 g/mol. The van der Waals surface area contributed by atoms with E-state index in [-0.39, 0.29) is 5.82 Å². The third-order valence-electron chi connectivity index (χ3n) is 2.42. The first-order chi connectivity index (χ1) is 6.31. The van der Waals surface area contributed by atoms with Gasteiger partial charge in [-0.2, -0.15) is 7.05 Å². The van der Waals surface area contributed by atoms with Crippen LogP contribution in [0.3, 0.4) is 0 Å². The van der Waals surface area contributed by atoms with E-state index >= 15 is 0 Å². The summed E-state index contributed by atoms with van der Waals surface area (Å²) >= 11 is 0. The lowest BCUT2D eigenvalue weighted by Crippen LogP contribution is -1.90. The highest BCUT2D eigenvalue weighted by Gasteiger charge is 2.26. The molecule has 1 aliphatic rings. The van der Waals surface area contributed by atoms with E-state index in [0.717, 1.165) is 24.0 Å². The largest absolute Gasteiger partial charge is 0.661 e. The van der Waals surface area contributed by atoms with Crippen LogP contribution in [0.1, 0.15) is 29.9 Å². The Bertz CT molecular complexity index is 305. The van der Waals surface area contributed by atoms with Crippen molar-refractivity contribution < 1.29 is 4.39 Å². The number of nitrogens with zero attached hydrogens (tertiary/aromatic N) is 1. The summed E-state index contributed by atoms with van der Waals surface area (Å²) in [5.74, 6) is 0.430. The van der Waals surface area contributed by atoms with Gasteiger partial charge in [0, 0.05) is 0 Å². The van der Waals surface area contributed by atoms with Gasteiger partial charge in [0.1, 0.15) is 5.82 Å². The number of rotatable bonds is 3. The van der Waals surface area contributed by atoms with Crippen molar-refractivity contribution >= 4 is 0 Å². The van der Waals surface area contributed by atoms with Gasteiger partial charge < -0.3 is 5.32 Å². The van der Waals surface area contributed by atoms with Crippen molar-refractivity contribution in [3.63, 3.8) is 0 Å². The molecule has 0 saturated heterocycles. The van der Waals surface area contributed by atoms with Crippen molar-refractivity contribution in [2.75, 3.05) is 7.05 Å². The van der Waals surface area contributed by atoms with E-state index in [2.05, 4.69) is 5.32 Å². The quantitative estimate of drug-likeness (QED) is 0.674. The fraction of sp³-hybridized carbons (Fsp3) is 0.455. The van der Waals surface area contributed by atoms with Crippen LogP contribution in [0.15, 0.2) is 18.2 Å². The van der Waals surface area contributed by atoms with Gasteiger partial charge in [0.05, 0.1) is 0 Å². The molecule has 1 aromatic rings. The molecular weight excluding hydrogens is 165 g/mol. The molecule has 1 saturated carbocycles. The summed E-state index contributed by atoms with van der Waals surface area (Å²) in [5, 5.41) is 4.03. The second-order valence-corrected chi connectivity index (χ2v) is 3.60. The normalized spacial score (nSPS) is 16.2. The summed E-state index contributed by atoms with van der Waals surface area (Å²) in [6, 6.07) is 5.34. The molecule has 13 heavy (non-hydrogen) atoms. The van der Waals surface area contributed by atoms with Crippen LogP contribution < -0.4 is 0 Å². The minimum Gasteiger partial charge on any atom is -0.661 e. The highest BCUT2D eigenvalue weighted by molar-refractivity contribution is 5.31. The van der Waals surface area contributed by atoms with E-state index in [1.54, 1.807) is 13.1 Å². The molecule has 2 heteroatoms. The van der Waals surface area contributed by atoms with Gasteiger partial charge >= 0.3 is 0 Å². The maximum atomic E-state index is 13.3. The number of hydrogen-bond donors (Lipinski definition) is 0. The number of hydrogen-bond acceptors (Lipinski definition) is 0. The minimum atomic E-state index is -0.0534. The molecule has 0 radical (unpaired) electrons. The fourth-order valence-electron chi connectivity index (χ4n) is 1.58. The van der Waals surface area contributed by atoms with Crippen molar-refractivity contribution in [1.82, 2.24) is 0 Å². The van der Waals surface area contributed by atoms with Crippen LogP contribution in [0.2, 0.25) is 0 Å². The minimum absolute atomic E-state index is 0.0534. The van der Waals surface area contributed by atoms with Crippen molar-refractivity contribution in [1.29, 1.82) is 0 Å². The fourth-order valence-corrected chi connectivity index (χ4v) is 1.58. The van der Waals surface area contributed by atoms with Crippen molar-refractivity contribution in [2.24, 2.45) is 0 Å². The molecule has 0 amide bonds. The van der Waals surface area contributed by atoms with Gasteiger partial charge in [0.25, 0.3) is 0 Å². The second kappa shape index (κ2) is 3.46. The van der Waals surface area contributed by atoms with Gasteiger partial charge in [-0.15, -0.1) is 6.54 Å². The molecule has 0 aliphatic heterocycles. The summed E-state index contributed by atoms with van der Waals surface area (Å²) in [5.41, 5.74) is 2.01. The topological polar surface area (TPSA) is 14.1 Å². The SMILES string of the molecule is C[N-]Cc1ccc(F)c(C2CC2)c1. The van der Waals surface area contributed by atoms with Crippen LogP contribution >= 0.6 is 0 Å². The summed E-state index contributed by atoms with van der Waals surface area (Å²) in [6.45, 7) is 0.694. The Morgan fingerprint density at radius 2 is 2.23 bits per heavy atom. The van der Waals surface area contributed by atoms with Gasteiger partial charge in [0.2, 0.25) is 0 Å². The van der Waals surface area contributed by atoms with Gasteiger partial charge in [-0.1, -0.05) is 17.7 Å². The molecule has 1 aliphatic carbocycles. The van der Waals surface area contributed by atoms with Crippen LogP contribution in [-0.2, 0) is 6.54 Å². The highest BCUT2D eigenvalue weighted by Crippen LogP contribution is 2.41. The predicted octanol–water partition coefficient (Wildman–Crippen LogP) is 3.21. The molecule has 1 fully saturated rings.